The van der Waals surface area contributed by atoms with Crippen LogP contribution in [0.1, 0.15) is 24.5 Å². The van der Waals surface area contributed by atoms with Crippen LogP contribution in [-0.4, -0.2) is 17.6 Å². The predicted molar refractivity (Wildman–Crippen MR) is 82.9 cm³/mol. The maximum absolute atomic E-state index is 11.6. The molecule has 0 unspecified atom stereocenters. The number of anilines is 1. The van der Waals surface area contributed by atoms with Gasteiger partial charge in [0.05, 0.1) is 12.3 Å². The average Bonchev–Trinajstić information content (AvgIpc) is 2.47. The molecule has 116 valence electrons. The molecule has 0 aliphatic carbocycles. The number of hydrogen-bond donors (Lipinski definition) is 0. The van der Waals surface area contributed by atoms with Gasteiger partial charge in [0, 0.05) is 6.08 Å². The Hall–Kier alpha value is -2.63. The third-order valence-electron chi connectivity index (χ3n) is 3.48. The van der Waals surface area contributed by atoms with Crippen LogP contribution >= 0.6 is 0 Å². The minimum absolute atomic E-state index is 0.237. The molecule has 0 radical (unpaired) electrons. The summed E-state index contributed by atoms with van der Waals surface area (Å²) in [5, 5.41) is 11.9. The third-order valence-corrected chi connectivity index (χ3v) is 3.48. The van der Waals surface area contributed by atoms with E-state index in [4.69, 9.17) is 4.74 Å². The van der Waals surface area contributed by atoms with Gasteiger partial charge in [-0.2, -0.15) is 0 Å². The van der Waals surface area contributed by atoms with Crippen LogP contribution in [0.5, 0.6) is 0 Å². The van der Waals surface area contributed by atoms with E-state index in [0.29, 0.717) is 30.6 Å². The Kier molecular flexibility index (Phi) is 4.93. The van der Waals surface area contributed by atoms with E-state index in [9.17, 15) is 14.9 Å². The monoisotopic (exact) mass is 302 g/mol. The number of carbonyl (C=O) groups is 1. The van der Waals surface area contributed by atoms with Crippen molar-refractivity contribution >= 4 is 11.7 Å². The van der Waals surface area contributed by atoms with Gasteiger partial charge in [-0.3, -0.25) is 0 Å². The lowest BCUT2D eigenvalue weighted by molar-refractivity contribution is -0.488. The van der Waals surface area contributed by atoms with Crippen LogP contribution in [0.25, 0.3) is 0 Å². The van der Waals surface area contributed by atoms with Gasteiger partial charge < -0.3 is 4.74 Å². The number of benzene rings is 1. The van der Waals surface area contributed by atoms with Gasteiger partial charge in [0.2, 0.25) is 0 Å². The molecule has 0 bridgehead atoms. The normalized spacial score (nSPS) is 15.3. The largest absolute Gasteiger partial charge is 0.463 e. The van der Waals surface area contributed by atoms with Crippen molar-refractivity contribution in [1.29, 1.82) is 0 Å². The second-order valence-electron chi connectivity index (χ2n) is 4.84. The number of hydrazine groups is 1. The molecule has 6 heteroatoms. The fraction of sp³-hybridized carbons (Fsp3) is 0.312. The van der Waals surface area contributed by atoms with Gasteiger partial charge in [0.25, 0.3) is 0 Å². The van der Waals surface area contributed by atoms with Crippen molar-refractivity contribution in [3.63, 3.8) is 0 Å². The van der Waals surface area contributed by atoms with E-state index in [1.54, 1.807) is 25.1 Å². The molecule has 0 atom stereocenters. The molecule has 0 aromatic heterocycles. The van der Waals surface area contributed by atoms with Gasteiger partial charge in [0.15, 0.2) is 5.03 Å². The van der Waals surface area contributed by atoms with Gasteiger partial charge in [-0.1, -0.05) is 23.2 Å². The summed E-state index contributed by atoms with van der Waals surface area (Å²) in [5.74, 6) is -0.560. The Bertz CT molecular complexity index is 637. The summed E-state index contributed by atoms with van der Waals surface area (Å²) in [7, 11) is 0. The number of esters is 1. The maximum atomic E-state index is 11.6. The fourth-order valence-corrected chi connectivity index (χ4v) is 2.61. The lowest BCUT2D eigenvalue weighted by Crippen LogP contribution is -2.34. The molecule has 0 saturated heterocycles. The minimum atomic E-state index is -0.560. The van der Waals surface area contributed by atoms with Crippen LogP contribution in [-0.2, 0) is 22.4 Å². The highest BCUT2D eigenvalue weighted by atomic mass is 16.7. The smallest absolute Gasteiger partial charge is 0.332 e. The van der Waals surface area contributed by atoms with E-state index < -0.39 is 11.0 Å². The summed E-state index contributed by atoms with van der Waals surface area (Å²) in [4.78, 5) is 23.1. The number of nitro groups is 1. The molecule has 1 aromatic carbocycles. The molecule has 0 amide bonds. The highest BCUT2D eigenvalue weighted by Gasteiger charge is 2.31. The number of ether oxygens (including phenoxy) is 1. The molecule has 6 nitrogen and oxygen atoms in total. The lowest BCUT2D eigenvalue weighted by atomic mass is 9.94. The molecular weight excluding hydrogens is 284 g/mol. The number of carbonyl (C=O) groups excluding carboxylic acids is 1. The van der Waals surface area contributed by atoms with Crippen molar-refractivity contribution in [2.24, 2.45) is 0 Å². The summed E-state index contributed by atoms with van der Waals surface area (Å²) < 4.78 is 4.85. The van der Waals surface area contributed by atoms with Crippen LogP contribution in [0.4, 0.5) is 5.69 Å². The van der Waals surface area contributed by atoms with E-state index in [1.165, 1.54) is 6.08 Å². The number of nitrogens with zero attached hydrogens (tertiary/aromatic N) is 2. The van der Waals surface area contributed by atoms with E-state index in [0.717, 1.165) is 16.1 Å². The second-order valence-corrected chi connectivity index (χ2v) is 4.84. The van der Waals surface area contributed by atoms with Crippen LogP contribution in [0, 0.1) is 10.1 Å². The summed E-state index contributed by atoms with van der Waals surface area (Å²) in [6, 6.07) is 5.42. The standard InChI is InChI=1S/C16H18N2O4/c1-3-6-12-7-5-8-15-14(12)10-9-13(17(15)18(20)21)11-16(19)22-4-2/h3,5,7-8,11H,1,4,6,9-10H2,2H3/b13-11+. The lowest BCUT2D eigenvalue weighted by Gasteiger charge is -2.26. The van der Waals surface area contributed by atoms with Gasteiger partial charge in [-0.25, -0.2) is 14.9 Å². The fourth-order valence-electron chi connectivity index (χ4n) is 2.61. The first-order chi connectivity index (χ1) is 10.6. The first kappa shape index (κ1) is 15.8. The zero-order chi connectivity index (χ0) is 16.1. The molecule has 0 fully saturated rings. The Balaban J connectivity index is 2.45. The van der Waals surface area contributed by atoms with Gasteiger partial charge in [-0.05, 0) is 43.4 Å². The molecule has 1 aromatic rings. The van der Waals surface area contributed by atoms with Crippen molar-refractivity contribution < 1.29 is 14.6 Å². The first-order valence-corrected chi connectivity index (χ1v) is 7.11. The Morgan fingerprint density at radius 3 is 2.91 bits per heavy atom. The van der Waals surface area contributed by atoms with Crippen molar-refractivity contribution in [2.75, 3.05) is 11.6 Å². The summed E-state index contributed by atoms with van der Waals surface area (Å²) >= 11 is 0. The van der Waals surface area contributed by atoms with E-state index in [-0.39, 0.29) is 6.61 Å². The SMILES string of the molecule is C=CCc1cccc2c1CC/C(=C\C(=O)OCC)N2[N+](=O)[O-]. The summed E-state index contributed by atoms with van der Waals surface area (Å²) in [6.45, 7) is 5.64. The zero-order valence-electron chi connectivity index (χ0n) is 12.4. The third kappa shape index (κ3) is 3.16. The highest BCUT2D eigenvalue weighted by molar-refractivity contribution is 5.84. The van der Waals surface area contributed by atoms with Crippen LogP contribution in [0.15, 0.2) is 42.6 Å². The molecular formula is C16H18N2O4. The van der Waals surface area contributed by atoms with Crippen molar-refractivity contribution in [2.45, 2.75) is 26.2 Å². The van der Waals surface area contributed by atoms with Crippen molar-refractivity contribution in [3.05, 3.63) is 63.9 Å². The van der Waals surface area contributed by atoms with Crippen molar-refractivity contribution in [1.82, 2.24) is 0 Å². The van der Waals surface area contributed by atoms with Gasteiger partial charge in [0.1, 0.15) is 5.69 Å². The Morgan fingerprint density at radius 2 is 2.27 bits per heavy atom. The molecule has 1 aliphatic rings. The second kappa shape index (κ2) is 6.89. The van der Waals surface area contributed by atoms with E-state index in [1.807, 2.05) is 6.07 Å². The topological polar surface area (TPSA) is 72.7 Å². The quantitative estimate of drug-likeness (QED) is 0.275. The Labute approximate surface area is 128 Å². The Morgan fingerprint density at radius 1 is 1.50 bits per heavy atom. The maximum Gasteiger partial charge on any atom is 0.332 e. The molecule has 0 N–H and O–H groups in total. The van der Waals surface area contributed by atoms with Crippen LogP contribution < -0.4 is 5.01 Å². The van der Waals surface area contributed by atoms with Crippen LogP contribution in [0.3, 0.4) is 0 Å². The minimum Gasteiger partial charge on any atom is -0.463 e. The highest BCUT2D eigenvalue weighted by Crippen LogP contribution is 2.35. The first-order valence-electron chi connectivity index (χ1n) is 7.11. The van der Waals surface area contributed by atoms with Crippen molar-refractivity contribution in [3.8, 4) is 0 Å². The predicted octanol–water partition coefficient (Wildman–Crippen LogP) is 2.81. The molecule has 0 saturated carbocycles. The van der Waals surface area contributed by atoms with E-state index >= 15 is 0 Å². The number of hydrogen-bond acceptors (Lipinski definition) is 4. The number of rotatable bonds is 5. The zero-order valence-corrected chi connectivity index (χ0v) is 12.4. The van der Waals surface area contributed by atoms with Crippen LogP contribution in [0.2, 0.25) is 0 Å². The average molecular weight is 302 g/mol. The molecule has 0 spiro atoms. The molecule has 1 aliphatic heterocycles. The van der Waals surface area contributed by atoms with Gasteiger partial charge in [-0.15, -0.1) is 6.58 Å². The summed E-state index contributed by atoms with van der Waals surface area (Å²) in [5.41, 5.74) is 2.80. The molecule has 22 heavy (non-hydrogen) atoms. The number of allylic oxidation sites excluding steroid dienone is 2. The van der Waals surface area contributed by atoms with E-state index in [2.05, 4.69) is 6.58 Å². The van der Waals surface area contributed by atoms with Gasteiger partial charge >= 0.3 is 5.97 Å². The number of fused-ring (bicyclic) bond motifs is 1. The molecule has 1 heterocycles. The molecule has 2 rings (SSSR count). The summed E-state index contributed by atoms with van der Waals surface area (Å²) in [6.07, 6.45) is 4.70.